The number of nitrogens with one attached hydrogen (secondary N) is 1. The number of anilines is 1. The molecule has 0 bridgehead atoms. The van der Waals surface area contributed by atoms with Gasteiger partial charge in [-0.25, -0.2) is 9.79 Å². The lowest BCUT2D eigenvalue weighted by molar-refractivity contribution is -0.132. The first-order valence-corrected chi connectivity index (χ1v) is 7.79. The lowest BCUT2D eigenvalue weighted by Gasteiger charge is -2.41. The average molecular weight is 325 g/mol. The minimum Gasteiger partial charge on any atom is -0.477 e. The predicted octanol–water partition coefficient (Wildman–Crippen LogP) is 1.64. The van der Waals surface area contributed by atoms with Gasteiger partial charge in [0.25, 0.3) is 0 Å². The van der Waals surface area contributed by atoms with Crippen LogP contribution < -0.4 is 5.32 Å². The first-order valence-electron chi connectivity index (χ1n) is 7.79. The number of fused-ring (bicyclic) bond motifs is 1. The monoisotopic (exact) mass is 325 g/mol. The van der Waals surface area contributed by atoms with Crippen LogP contribution in [0.1, 0.15) is 6.92 Å². The smallest absolute Gasteiger partial charge is 0.348 e. The normalized spacial score (nSPS) is 22.8. The molecule has 124 valence electrons. The number of amidine groups is 1. The molecule has 0 aromatic heterocycles. The van der Waals surface area contributed by atoms with E-state index in [4.69, 9.17) is 0 Å². The van der Waals surface area contributed by atoms with Crippen LogP contribution in [-0.4, -0.2) is 59.4 Å². The molecule has 1 fully saturated rings. The summed E-state index contributed by atoms with van der Waals surface area (Å²) in [6.45, 7) is 4.50. The molecular formula is C17H19N5O2. The summed E-state index contributed by atoms with van der Waals surface area (Å²) in [5.41, 5.74) is 1.38. The van der Waals surface area contributed by atoms with Gasteiger partial charge < -0.3 is 20.2 Å². The van der Waals surface area contributed by atoms with Gasteiger partial charge in [-0.05, 0) is 26.1 Å². The second kappa shape index (κ2) is 6.34. The van der Waals surface area contributed by atoms with E-state index in [1.807, 2.05) is 24.3 Å². The maximum atomic E-state index is 11.5. The standard InChI is InChI=1S/C17H19N5O2/c1-11-10-21(2)7-8-22(11)16-15(12(9-18)17(23)24)19-13-5-3-4-6-14(13)20-16/h3-6,11,19H,7-8,10H2,1-2H3,(H,23,24)/b15-12-. The fourth-order valence-electron chi connectivity index (χ4n) is 3.08. The van der Waals surface area contributed by atoms with E-state index in [-0.39, 0.29) is 17.3 Å². The molecule has 1 saturated heterocycles. The number of carboxylic acids is 1. The van der Waals surface area contributed by atoms with Crippen LogP contribution in [0.25, 0.3) is 0 Å². The highest BCUT2D eigenvalue weighted by Crippen LogP contribution is 2.33. The molecule has 0 aliphatic carbocycles. The van der Waals surface area contributed by atoms with E-state index in [0.717, 1.165) is 25.3 Å². The van der Waals surface area contributed by atoms with Gasteiger partial charge in [0.1, 0.15) is 11.8 Å². The summed E-state index contributed by atoms with van der Waals surface area (Å²) in [6, 6.07) is 9.37. The van der Waals surface area contributed by atoms with Crippen molar-refractivity contribution < 1.29 is 9.90 Å². The lowest BCUT2D eigenvalue weighted by Crippen LogP contribution is -2.54. The van der Waals surface area contributed by atoms with Gasteiger partial charge in [-0.15, -0.1) is 0 Å². The largest absolute Gasteiger partial charge is 0.477 e. The quantitative estimate of drug-likeness (QED) is 0.602. The second-order valence-electron chi connectivity index (χ2n) is 6.05. The van der Waals surface area contributed by atoms with Crippen molar-refractivity contribution in [3.05, 3.63) is 35.5 Å². The van der Waals surface area contributed by atoms with Crippen LogP contribution in [0.4, 0.5) is 11.4 Å². The summed E-state index contributed by atoms with van der Waals surface area (Å²) in [4.78, 5) is 20.5. The zero-order valence-electron chi connectivity index (χ0n) is 13.7. The van der Waals surface area contributed by atoms with E-state index in [9.17, 15) is 15.2 Å². The number of carboxylic acid groups (broad SMARTS) is 1. The number of aliphatic carboxylic acids is 1. The molecule has 0 spiro atoms. The molecule has 1 aromatic carbocycles. The maximum Gasteiger partial charge on any atom is 0.348 e. The highest BCUT2D eigenvalue weighted by molar-refractivity contribution is 6.12. The number of hydrogen-bond donors (Lipinski definition) is 2. The summed E-state index contributed by atoms with van der Waals surface area (Å²) in [7, 11) is 2.05. The molecule has 0 saturated carbocycles. The molecule has 1 aromatic rings. The van der Waals surface area contributed by atoms with E-state index in [1.54, 1.807) is 6.07 Å². The van der Waals surface area contributed by atoms with E-state index < -0.39 is 5.97 Å². The number of hydrogen-bond acceptors (Lipinski definition) is 6. The van der Waals surface area contributed by atoms with Crippen molar-refractivity contribution in [3.8, 4) is 6.07 Å². The van der Waals surface area contributed by atoms with Crippen LogP contribution in [0, 0.1) is 11.3 Å². The summed E-state index contributed by atoms with van der Waals surface area (Å²) < 4.78 is 0. The third-order valence-electron chi connectivity index (χ3n) is 4.29. The fourth-order valence-corrected chi connectivity index (χ4v) is 3.08. The molecule has 24 heavy (non-hydrogen) atoms. The van der Waals surface area contributed by atoms with Crippen molar-refractivity contribution >= 4 is 23.2 Å². The van der Waals surface area contributed by atoms with Gasteiger partial charge in [0.05, 0.1) is 11.4 Å². The Kier molecular flexibility index (Phi) is 4.23. The van der Waals surface area contributed by atoms with Crippen molar-refractivity contribution in [2.45, 2.75) is 13.0 Å². The number of benzene rings is 1. The predicted molar refractivity (Wildman–Crippen MR) is 91.1 cm³/mol. The van der Waals surface area contributed by atoms with Crippen molar-refractivity contribution in [2.75, 3.05) is 32.0 Å². The van der Waals surface area contributed by atoms with Crippen LogP contribution in [0.3, 0.4) is 0 Å². The summed E-state index contributed by atoms with van der Waals surface area (Å²) in [6.07, 6.45) is 0. The van der Waals surface area contributed by atoms with E-state index >= 15 is 0 Å². The van der Waals surface area contributed by atoms with Crippen molar-refractivity contribution in [1.29, 1.82) is 5.26 Å². The molecule has 0 radical (unpaired) electrons. The van der Waals surface area contributed by atoms with Gasteiger partial charge in [-0.2, -0.15) is 5.26 Å². The average Bonchev–Trinajstić information content (AvgIpc) is 2.55. The molecule has 7 nitrogen and oxygen atoms in total. The van der Waals surface area contributed by atoms with E-state index in [1.165, 1.54) is 0 Å². The molecule has 1 atom stereocenters. The third-order valence-corrected chi connectivity index (χ3v) is 4.29. The van der Waals surface area contributed by atoms with E-state index in [0.29, 0.717) is 11.5 Å². The van der Waals surface area contributed by atoms with Crippen LogP contribution in [0.5, 0.6) is 0 Å². The molecule has 2 heterocycles. The number of likely N-dealkylation sites (N-methyl/N-ethyl adjacent to an activating group) is 1. The first-order chi connectivity index (χ1) is 11.5. The Morgan fingerprint density at radius 1 is 1.42 bits per heavy atom. The van der Waals surface area contributed by atoms with Crippen LogP contribution in [0.2, 0.25) is 0 Å². The zero-order chi connectivity index (χ0) is 17.3. The molecule has 2 aliphatic heterocycles. The molecule has 2 N–H and O–H groups in total. The number of carbonyl (C=O) groups is 1. The van der Waals surface area contributed by atoms with Crippen molar-refractivity contribution in [3.63, 3.8) is 0 Å². The number of aliphatic imine (C=N–C) groups is 1. The van der Waals surface area contributed by atoms with Gasteiger partial charge >= 0.3 is 5.97 Å². The van der Waals surface area contributed by atoms with Crippen LogP contribution in [-0.2, 0) is 4.79 Å². The Labute approximate surface area is 140 Å². The third kappa shape index (κ3) is 2.84. The Morgan fingerprint density at radius 2 is 2.17 bits per heavy atom. The van der Waals surface area contributed by atoms with Gasteiger partial charge in [0.2, 0.25) is 0 Å². The topological polar surface area (TPSA) is 92.0 Å². The molecule has 2 aliphatic rings. The van der Waals surface area contributed by atoms with Crippen LogP contribution >= 0.6 is 0 Å². The summed E-state index contributed by atoms with van der Waals surface area (Å²) in [5.74, 6) is -0.734. The van der Waals surface area contributed by atoms with Crippen molar-refractivity contribution in [2.24, 2.45) is 4.99 Å². The first kappa shape index (κ1) is 16.0. The van der Waals surface area contributed by atoms with Gasteiger partial charge in [0.15, 0.2) is 11.4 Å². The Hall–Kier alpha value is -2.85. The summed E-state index contributed by atoms with van der Waals surface area (Å²) >= 11 is 0. The Balaban J connectivity index is 2.12. The molecular weight excluding hydrogens is 306 g/mol. The minimum atomic E-state index is -1.26. The second-order valence-corrected chi connectivity index (χ2v) is 6.05. The molecule has 3 rings (SSSR count). The molecule has 1 unspecified atom stereocenters. The number of para-hydroxylation sites is 2. The fraction of sp³-hybridized carbons (Fsp3) is 0.353. The highest BCUT2D eigenvalue weighted by atomic mass is 16.4. The van der Waals surface area contributed by atoms with Gasteiger partial charge in [-0.3, -0.25) is 0 Å². The van der Waals surface area contributed by atoms with Crippen LogP contribution in [0.15, 0.2) is 40.5 Å². The molecule has 0 amide bonds. The highest BCUT2D eigenvalue weighted by Gasteiger charge is 2.32. The van der Waals surface area contributed by atoms with Gasteiger partial charge in [0, 0.05) is 25.7 Å². The zero-order valence-corrected chi connectivity index (χ0v) is 13.7. The van der Waals surface area contributed by atoms with Crippen molar-refractivity contribution in [1.82, 2.24) is 9.80 Å². The number of nitriles is 1. The number of piperazine rings is 1. The Morgan fingerprint density at radius 3 is 2.83 bits per heavy atom. The number of nitrogens with zero attached hydrogens (tertiary/aromatic N) is 4. The van der Waals surface area contributed by atoms with Gasteiger partial charge in [-0.1, -0.05) is 12.1 Å². The van der Waals surface area contributed by atoms with E-state index in [2.05, 4.69) is 34.1 Å². The lowest BCUT2D eigenvalue weighted by atomic mass is 10.1. The Bertz CT molecular complexity index is 777. The number of rotatable bonds is 1. The molecule has 7 heteroatoms. The minimum absolute atomic E-state index is 0.165. The maximum absolute atomic E-state index is 11.5. The summed E-state index contributed by atoms with van der Waals surface area (Å²) in [5, 5.41) is 21.8. The SMILES string of the molecule is CC1CN(C)CCN1C1=Nc2ccccc2N/C1=C(/C#N)C(=O)O.